The van der Waals surface area contributed by atoms with Crippen LogP contribution >= 0.6 is 24.0 Å². The van der Waals surface area contributed by atoms with Gasteiger partial charge >= 0.3 is 0 Å². The third-order valence-electron chi connectivity index (χ3n) is 2.33. The van der Waals surface area contributed by atoms with Crippen LogP contribution in [-0.2, 0) is 13.6 Å². The average Bonchev–Trinajstić information content (AvgIpc) is 2.73. The second-order valence-electron chi connectivity index (χ2n) is 4.03. The van der Waals surface area contributed by atoms with E-state index in [1.54, 1.807) is 11.0 Å². The molecule has 1 heterocycles. The zero-order valence-corrected chi connectivity index (χ0v) is 13.2. The number of halogens is 1. The second kappa shape index (κ2) is 7.07. The van der Waals surface area contributed by atoms with Crippen molar-refractivity contribution in [2.45, 2.75) is 13.5 Å². The lowest BCUT2D eigenvalue weighted by molar-refractivity contribution is 0.742. The predicted octanol–water partition coefficient (Wildman–Crippen LogP) is 1.67. The van der Waals surface area contributed by atoms with E-state index in [4.69, 9.17) is 5.73 Å². The molecule has 0 aliphatic heterocycles. The lowest BCUT2D eigenvalue weighted by Gasteiger charge is -2.05. The molecule has 0 saturated heterocycles. The standard InChI is InChI=1S/C12H16N6.HI/c1-9-4-3-5-10(6-9)16-12(13)14-7-11-15-8-18(2)17-11;/h3-6,8H,7H2,1-2H3,(H3,13,14,16);1H. The molecule has 0 saturated carbocycles. The predicted molar refractivity (Wildman–Crippen MR) is 86.5 cm³/mol. The number of nitrogens with one attached hydrogen (secondary N) is 1. The van der Waals surface area contributed by atoms with Crippen molar-refractivity contribution < 1.29 is 0 Å². The highest BCUT2D eigenvalue weighted by molar-refractivity contribution is 14.0. The minimum atomic E-state index is 0. The highest BCUT2D eigenvalue weighted by atomic mass is 127. The maximum atomic E-state index is 5.79. The molecule has 0 amide bonds. The fraction of sp³-hybridized carbons (Fsp3) is 0.250. The zero-order valence-electron chi connectivity index (χ0n) is 10.9. The molecule has 1 aromatic carbocycles. The molecule has 2 rings (SSSR count). The van der Waals surface area contributed by atoms with E-state index in [0.29, 0.717) is 18.3 Å². The number of hydrogen-bond donors (Lipinski definition) is 2. The summed E-state index contributed by atoms with van der Waals surface area (Å²) in [5.41, 5.74) is 7.87. The lowest BCUT2D eigenvalue weighted by atomic mass is 10.2. The second-order valence-corrected chi connectivity index (χ2v) is 4.03. The van der Waals surface area contributed by atoms with Gasteiger partial charge in [-0.2, -0.15) is 5.10 Å². The molecule has 0 radical (unpaired) electrons. The molecular formula is C12H17IN6. The number of anilines is 1. The Morgan fingerprint density at radius 1 is 1.47 bits per heavy atom. The third-order valence-corrected chi connectivity index (χ3v) is 2.33. The van der Waals surface area contributed by atoms with Gasteiger partial charge in [-0.1, -0.05) is 12.1 Å². The van der Waals surface area contributed by atoms with Crippen LogP contribution in [0.5, 0.6) is 0 Å². The molecule has 2 aromatic rings. The molecule has 6 nitrogen and oxygen atoms in total. The van der Waals surface area contributed by atoms with E-state index in [9.17, 15) is 0 Å². The molecule has 0 bridgehead atoms. The Balaban J connectivity index is 0.00000180. The number of nitrogens with two attached hydrogens (primary N) is 1. The highest BCUT2D eigenvalue weighted by Gasteiger charge is 1.98. The van der Waals surface area contributed by atoms with E-state index in [-0.39, 0.29) is 24.0 Å². The van der Waals surface area contributed by atoms with Gasteiger partial charge in [0.05, 0.1) is 0 Å². The van der Waals surface area contributed by atoms with Gasteiger partial charge in [-0.3, -0.25) is 4.68 Å². The Morgan fingerprint density at radius 3 is 2.89 bits per heavy atom. The Labute approximate surface area is 129 Å². The van der Waals surface area contributed by atoms with Crippen LogP contribution in [0.3, 0.4) is 0 Å². The zero-order chi connectivity index (χ0) is 13.0. The van der Waals surface area contributed by atoms with Crippen LogP contribution in [0, 0.1) is 6.92 Å². The number of benzene rings is 1. The molecule has 0 aliphatic rings. The van der Waals surface area contributed by atoms with Crippen LogP contribution < -0.4 is 11.1 Å². The molecular weight excluding hydrogens is 355 g/mol. The summed E-state index contributed by atoms with van der Waals surface area (Å²) in [6.07, 6.45) is 1.63. The van der Waals surface area contributed by atoms with Crippen LogP contribution in [0.1, 0.15) is 11.4 Å². The first-order valence-corrected chi connectivity index (χ1v) is 5.61. The van der Waals surface area contributed by atoms with Crippen LogP contribution in [0.25, 0.3) is 0 Å². The first kappa shape index (κ1) is 15.4. The van der Waals surface area contributed by atoms with Gasteiger partial charge in [0, 0.05) is 12.7 Å². The molecule has 0 unspecified atom stereocenters. The lowest BCUT2D eigenvalue weighted by Crippen LogP contribution is -2.22. The SMILES string of the molecule is Cc1cccc(NC(N)=NCc2ncn(C)n2)c1.I. The normalized spacial score (nSPS) is 10.9. The number of aliphatic imine (C=N–C) groups is 1. The van der Waals surface area contributed by atoms with Crippen molar-refractivity contribution >= 4 is 35.6 Å². The maximum Gasteiger partial charge on any atom is 0.193 e. The molecule has 19 heavy (non-hydrogen) atoms. The van der Waals surface area contributed by atoms with Crippen molar-refractivity contribution in [1.82, 2.24) is 14.8 Å². The van der Waals surface area contributed by atoms with E-state index in [1.165, 1.54) is 5.56 Å². The Kier molecular flexibility index (Phi) is 5.74. The molecule has 0 aliphatic carbocycles. The fourth-order valence-corrected chi connectivity index (χ4v) is 1.52. The van der Waals surface area contributed by atoms with Crippen LogP contribution in [-0.4, -0.2) is 20.7 Å². The first-order valence-electron chi connectivity index (χ1n) is 5.61. The quantitative estimate of drug-likeness (QED) is 0.488. The van der Waals surface area contributed by atoms with Gasteiger partial charge in [-0.15, -0.1) is 24.0 Å². The number of aryl methyl sites for hydroxylation is 2. The highest BCUT2D eigenvalue weighted by Crippen LogP contribution is 2.08. The van der Waals surface area contributed by atoms with Gasteiger partial charge in [0.25, 0.3) is 0 Å². The Hall–Kier alpha value is -1.64. The van der Waals surface area contributed by atoms with Crippen molar-refractivity contribution in [3.8, 4) is 0 Å². The van der Waals surface area contributed by atoms with E-state index in [1.807, 2.05) is 38.2 Å². The van der Waals surface area contributed by atoms with Gasteiger partial charge in [-0.05, 0) is 24.6 Å². The summed E-state index contributed by atoms with van der Waals surface area (Å²) in [5.74, 6) is 1.000. The molecule has 0 fully saturated rings. The van der Waals surface area contributed by atoms with E-state index in [0.717, 1.165) is 5.69 Å². The van der Waals surface area contributed by atoms with Gasteiger partial charge in [0.2, 0.25) is 0 Å². The minimum absolute atomic E-state index is 0. The van der Waals surface area contributed by atoms with Crippen molar-refractivity contribution in [2.24, 2.45) is 17.8 Å². The Morgan fingerprint density at radius 2 is 2.26 bits per heavy atom. The van der Waals surface area contributed by atoms with Crippen molar-refractivity contribution in [3.05, 3.63) is 42.0 Å². The van der Waals surface area contributed by atoms with Gasteiger partial charge in [0.1, 0.15) is 12.9 Å². The largest absolute Gasteiger partial charge is 0.370 e. The molecule has 3 N–H and O–H groups in total. The van der Waals surface area contributed by atoms with E-state index >= 15 is 0 Å². The number of rotatable bonds is 3. The van der Waals surface area contributed by atoms with Gasteiger partial charge in [0.15, 0.2) is 11.8 Å². The number of nitrogens with zero attached hydrogens (tertiary/aromatic N) is 4. The summed E-state index contributed by atoms with van der Waals surface area (Å²) < 4.78 is 1.63. The summed E-state index contributed by atoms with van der Waals surface area (Å²) in [6.45, 7) is 2.39. The molecule has 1 aromatic heterocycles. The van der Waals surface area contributed by atoms with Gasteiger partial charge < -0.3 is 11.1 Å². The first-order chi connectivity index (χ1) is 8.63. The number of aromatic nitrogens is 3. The molecule has 7 heteroatoms. The molecule has 0 spiro atoms. The van der Waals surface area contributed by atoms with Crippen molar-refractivity contribution in [3.63, 3.8) is 0 Å². The van der Waals surface area contributed by atoms with Crippen LogP contribution in [0.2, 0.25) is 0 Å². The Bertz CT molecular complexity index is 563. The minimum Gasteiger partial charge on any atom is -0.370 e. The molecule has 0 atom stereocenters. The smallest absolute Gasteiger partial charge is 0.193 e. The number of hydrogen-bond acceptors (Lipinski definition) is 3. The van der Waals surface area contributed by atoms with Crippen molar-refractivity contribution in [2.75, 3.05) is 5.32 Å². The van der Waals surface area contributed by atoms with Gasteiger partial charge in [-0.25, -0.2) is 9.98 Å². The van der Waals surface area contributed by atoms with Crippen LogP contribution in [0.15, 0.2) is 35.6 Å². The topological polar surface area (TPSA) is 81.1 Å². The van der Waals surface area contributed by atoms with E-state index < -0.39 is 0 Å². The number of guanidine groups is 1. The summed E-state index contributed by atoms with van der Waals surface area (Å²) in [4.78, 5) is 8.25. The monoisotopic (exact) mass is 372 g/mol. The summed E-state index contributed by atoms with van der Waals surface area (Å²) in [5, 5.41) is 7.14. The van der Waals surface area contributed by atoms with E-state index in [2.05, 4.69) is 20.4 Å². The van der Waals surface area contributed by atoms with Crippen LogP contribution in [0.4, 0.5) is 5.69 Å². The van der Waals surface area contributed by atoms with Crippen molar-refractivity contribution in [1.29, 1.82) is 0 Å². The summed E-state index contributed by atoms with van der Waals surface area (Å²) in [6, 6.07) is 7.93. The molecule has 102 valence electrons. The fourth-order valence-electron chi connectivity index (χ4n) is 1.52. The third kappa shape index (κ3) is 4.86. The maximum absolute atomic E-state index is 5.79. The average molecular weight is 372 g/mol. The summed E-state index contributed by atoms with van der Waals surface area (Å²) >= 11 is 0. The summed E-state index contributed by atoms with van der Waals surface area (Å²) in [7, 11) is 1.81.